The van der Waals surface area contributed by atoms with Crippen LogP contribution in [-0.2, 0) is 16.1 Å². The fourth-order valence-electron chi connectivity index (χ4n) is 3.69. The van der Waals surface area contributed by atoms with Gasteiger partial charge in [-0.25, -0.2) is 0 Å². The van der Waals surface area contributed by atoms with E-state index in [4.69, 9.17) is 21.1 Å². The van der Waals surface area contributed by atoms with Gasteiger partial charge in [0.25, 0.3) is 0 Å². The van der Waals surface area contributed by atoms with Gasteiger partial charge >= 0.3 is 5.97 Å². The number of halogens is 1. The zero-order chi connectivity index (χ0) is 19.8. The molecule has 1 aromatic heterocycles. The van der Waals surface area contributed by atoms with Gasteiger partial charge in [-0.05, 0) is 41.8 Å². The molecule has 0 unspecified atom stereocenters. The van der Waals surface area contributed by atoms with Crippen LogP contribution in [0.2, 0.25) is 5.02 Å². The van der Waals surface area contributed by atoms with E-state index in [-0.39, 0.29) is 17.7 Å². The SMILES string of the molecule is COc1c(Cl)ccc2c(=O)c3ccc(C4=CCOCC4)cc3n(CC(=O)O)c12. The topological polar surface area (TPSA) is 77.8 Å². The Labute approximate surface area is 165 Å². The normalized spacial score (nSPS) is 14.3. The monoisotopic (exact) mass is 399 g/mol. The van der Waals surface area contributed by atoms with Gasteiger partial charge in [0.2, 0.25) is 0 Å². The fraction of sp³-hybridized carbons (Fsp3) is 0.238. The Bertz CT molecular complexity index is 1200. The van der Waals surface area contributed by atoms with Gasteiger partial charge < -0.3 is 19.1 Å². The van der Waals surface area contributed by atoms with Crippen LogP contribution >= 0.6 is 11.6 Å². The summed E-state index contributed by atoms with van der Waals surface area (Å²) in [7, 11) is 1.45. The average Bonchev–Trinajstić information content (AvgIpc) is 2.71. The molecule has 0 amide bonds. The summed E-state index contributed by atoms with van der Waals surface area (Å²) in [5.74, 6) is -0.737. The Morgan fingerprint density at radius 3 is 2.75 bits per heavy atom. The predicted octanol–water partition coefficient (Wildman–Crippen LogP) is 3.71. The highest BCUT2D eigenvalue weighted by Crippen LogP contribution is 2.35. The second-order valence-electron chi connectivity index (χ2n) is 6.57. The minimum absolute atomic E-state index is 0.186. The Hall–Kier alpha value is -2.83. The number of nitrogens with zero attached hydrogens (tertiary/aromatic N) is 1. The lowest BCUT2D eigenvalue weighted by Crippen LogP contribution is -2.17. The Balaban J connectivity index is 2.13. The molecule has 7 heteroatoms. The molecular formula is C21H18ClNO5. The number of carboxylic acids is 1. The zero-order valence-corrected chi connectivity index (χ0v) is 16.0. The number of pyridine rings is 1. The zero-order valence-electron chi connectivity index (χ0n) is 15.2. The van der Waals surface area contributed by atoms with Gasteiger partial charge in [0.1, 0.15) is 6.54 Å². The maximum atomic E-state index is 13.1. The molecule has 2 aromatic carbocycles. The molecule has 0 fully saturated rings. The molecular weight excluding hydrogens is 382 g/mol. The lowest BCUT2D eigenvalue weighted by Gasteiger charge is -2.19. The molecule has 6 nitrogen and oxygen atoms in total. The van der Waals surface area contributed by atoms with Crippen molar-refractivity contribution >= 4 is 44.9 Å². The lowest BCUT2D eigenvalue weighted by molar-refractivity contribution is -0.137. The number of aliphatic carboxylic acids is 1. The lowest BCUT2D eigenvalue weighted by atomic mass is 9.99. The predicted molar refractivity (Wildman–Crippen MR) is 108 cm³/mol. The van der Waals surface area contributed by atoms with Crippen LogP contribution in [0.4, 0.5) is 0 Å². The maximum absolute atomic E-state index is 13.1. The van der Waals surface area contributed by atoms with Gasteiger partial charge in [0.05, 0.1) is 41.8 Å². The number of benzene rings is 2. The summed E-state index contributed by atoms with van der Waals surface area (Å²) in [4.78, 5) is 24.7. The van der Waals surface area contributed by atoms with Crippen LogP contribution in [0.25, 0.3) is 27.4 Å². The summed E-state index contributed by atoms with van der Waals surface area (Å²) < 4.78 is 12.4. The number of carbonyl (C=O) groups is 1. The van der Waals surface area contributed by atoms with E-state index in [9.17, 15) is 14.7 Å². The van der Waals surface area contributed by atoms with Gasteiger partial charge in [0, 0.05) is 5.39 Å². The van der Waals surface area contributed by atoms with E-state index >= 15 is 0 Å². The van der Waals surface area contributed by atoms with E-state index in [0.29, 0.717) is 40.0 Å². The molecule has 4 rings (SSSR count). The smallest absolute Gasteiger partial charge is 0.323 e. The molecule has 0 radical (unpaired) electrons. The number of ether oxygens (including phenoxy) is 2. The molecule has 2 heterocycles. The van der Waals surface area contributed by atoms with Crippen molar-refractivity contribution in [3.63, 3.8) is 0 Å². The number of hydrogen-bond acceptors (Lipinski definition) is 4. The number of hydrogen-bond donors (Lipinski definition) is 1. The van der Waals surface area contributed by atoms with Gasteiger partial charge in [-0.15, -0.1) is 0 Å². The maximum Gasteiger partial charge on any atom is 0.323 e. The minimum Gasteiger partial charge on any atom is -0.493 e. The molecule has 1 aliphatic rings. The molecule has 3 aromatic rings. The second kappa shape index (κ2) is 7.30. The summed E-state index contributed by atoms with van der Waals surface area (Å²) in [6, 6.07) is 8.70. The van der Waals surface area contributed by atoms with E-state index in [1.54, 1.807) is 22.8 Å². The Kier molecular flexibility index (Phi) is 4.83. The molecule has 0 bridgehead atoms. The first kappa shape index (κ1) is 18.5. The quantitative estimate of drug-likeness (QED) is 0.677. The van der Waals surface area contributed by atoms with Crippen molar-refractivity contribution < 1.29 is 19.4 Å². The van der Waals surface area contributed by atoms with Crippen molar-refractivity contribution in [1.29, 1.82) is 0 Å². The van der Waals surface area contributed by atoms with Crippen LogP contribution in [0.1, 0.15) is 12.0 Å². The highest BCUT2D eigenvalue weighted by atomic mass is 35.5. The summed E-state index contributed by atoms with van der Waals surface area (Å²) in [6.45, 7) is 0.846. The average molecular weight is 400 g/mol. The molecule has 0 aliphatic carbocycles. The van der Waals surface area contributed by atoms with Crippen LogP contribution in [0.15, 0.2) is 41.2 Å². The third-order valence-electron chi connectivity index (χ3n) is 4.96. The Morgan fingerprint density at radius 1 is 1.29 bits per heavy atom. The molecule has 1 N–H and O–H groups in total. The number of fused-ring (bicyclic) bond motifs is 2. The van der Waals surface area contributed by atoms with Crippen molar-refractivity contribution in [3.05, 3.63) is 57.2 Å². The molecule has 0 atom stereocenters. The van der Waals surface area contributed by atoms with Crippen molar-refractivity contribution in [2.45, 2.75) is 13.0 Å². The van der Waals surface area contributed by atoms with Crippen molar-refractivity contribution in [2.24, 2.45) is 0 Å². The van der Waals surface area contributed by atoms with Crippen molar-refractivity contribution in [2.75, 3.05) is 20.3 Å². The summed E-state index contributed by atoms with van der Waals surface area (Å²) in [5, 5.41) is 10.6. The van der Waals surface area contributed by atoms with Crippen molar-refractivity contribution in [1.82, 2.24) is 4.57 Å². The fourth-order valence-corrected chi connectivity index (χ4v) is 3.92. The van der Waals surface area contributed by atoms with E-state index in [2.05, 4.69) is 0 Å². The highest BCUT2D eigenvalue weighted by molar-refractivity contribution is 6.33. The first-order valence-electron chi connectivity index (χ1n) is 8.83. The first-order chi connectivity index (χ1) is 13.5. The minimum atomic E-state index is -1.02. The van der Waals surface area contributed by atoms with Crippen molar-refractivity contribution in [3.8, 4) is 5.75 Å². The van der Waals surface area contributed by atoms with E-state index < -0.39 is 5.97 Å². The second-order valence-corrected chi connectivity index (χ2v) is 6.98. The third kappa shape index (κ3) is 3.04. The van der Waals surface area contributed by atoms with Crippen LogP contribution in [0.5, 0.6) is 5.75 Å². The van der Waals surface area contributed by atoms with E-state index in [1.807, 2.05) is 18.2 Å². The molecule has 144 valence electrons. The number of carboxylic acid groups (broad SMARTS) is 1. The number of methoxy groups -OCH3 is 1. The van der Waals surface area contributed by atoms with Crippen LogP contribution in [0, 0.1) is 0 Å². The Morgan fingerprint density at radius 2 is 2.07 bits per heavy atom. The van der Waals surface area contributed by atoms with Gasteiger partial charge in [-0.3, -0.25) is 9.59 Å². The standard InChI is InChI=1S/C21H18ClNO5/c1-27-21-16(22)5-4-15-19(21)23(11-18(24)25)17-10-13(2-3-14(17)20(15)26)12-6-8-28-9-7-12/h2-6,10H,7-9,11H2,1H3,(H,24,25). The summed E-state index contributed by atoms with van der Waals surface area (Å²) >= 11 is 6.26. The third-order valence-corrected chi connectivity index (χ3v) is 5.26. The molecule has 28 heavy (non-hydrogen) atoms. The molecule has 0 saturated heterocycles. The first-order valence-corrected chi connectivity index (χ1v) is 9.20. The molecule has 1 aliphatic heterocycles. The van der Waals surface area contributed by atoms with Gasteiger partial charge in [-0.1, -0.05) is 23.7 Å². The van der Waals surface area contributed by atoms with Crippen LogP contribution in [-0.4, -0.2) is 36.0 Å². The van der Waals surface area contributed by atoms with Gasteiger partial charge in [0.15, 0.2) is 11.2 Å². The number of aromatic nitrogens is 1. The van der Waals surface area contributed by atoms with Crippen LogP contribution < -0.4 is 10.2 Å². The molecule has 0 spiro atoms. The summed E-state index contributed by atoms with van der Waals surface area (Å²) in [5.41, 5.74) is 2.78. The van der Waals surface area contributed by atoms with Crippen LogP contribution in [0.3, 0.4) is 0 Å². The number of rotatable bonds is 4. The largest absolute Gasteiger partial charge is 0.493 e. The van der Waals surface area contributed by atoms with Gasteiger partial charge in [-0.2, -0.15) is 0 Å². The highest BCUT2D eigenvalue weighted by Gasteiger charge is 2.19. The van der Waals surface area contributed by atoms with E-state index in [0.717, 1.165) is 17.6 Å². The van der Waals surface area contributed by atoms with E-state index in [1.165, 1.54) is 7.11 Å². The summed E-state index contributed by atoms with van der Waals surface area (Å²) in [6.07, 6.45) is 2.76. The molecule has 0 saturated carbocycles.